The highest BCUT2D eigenvalue weighted by atomic mass is 16.6. The minimum Gasteiger partial charge on any atom is -0.477 e. The van der Waals surface area contributed by atoms with Gasteiger partial charge >= 0.3 is 5.97 Å². The van der Waals surface area contributed by atoms with Crippen molar-refractivity contribution < 1.29 is 19.5 Å². The average molecular weight is 276 g/mol. The number of nitrogens with zero attached hydrogens (tertiary/aromatic N) is 1. The van der Waals surface area contributed by atoms with Crippen LogP contribution in [0.2, 0.25) is 0 Å². The Morgan fingerprint density at radius 2 is 2.00 bits per heavy atom. The first-order chi connectivity index (χ1) is 9.60. The summed E-state index contributed by atoms with van der Waals surface area (Å²) in [5.41, 5.74) is 2.09. The number of carbonyl (C=O) groups excluding carboxylic acids is 1. The molecule has 0 saturated heterocycles. The number of carboxylic acids is 1. The summed E-state index contributed by atoms with van der Waals surface area (Å²) < 4.78 is 0. The van der Waals surface area contributed by atoms with Crippen LogP contribution in [-0.2, 0) is 27.4 Å². The normalized spacial score (nSPS) is 17.2. The number of carbonyl (C=O) groups is 2. The van der Waals surface area contributed by atoms with Gasteiger partial charge in [0.1, 0.15) is 0 Å². The predicted octanol–water partition coefficient (Wildman–Crippen LogP) is 1.09. The molecular formula is C14H16N2O4. The molecule has 1 heterocycles. The zero-order valence-electron chi connectivity index (χ0n) is 11.1. The first-order valence-electron chi connectivity index (χ1n) is 6.41. The molecule has 1 aromatic rings. The van der Waals surface area contributed by atoms with E-state index in [9.17, 15) is 9.59 Å². The molecule has 1 aliphatic rings. The van der Waals surface area contributed by atoms with E-state index in [-0.39, 0.29) is 18.0 Å². The molecule has 0 bridgehead atoms. The molecule has 6 heteroatoms. The van der Waals surface area contributed by atoms with Crippen LogP contribution in [0.3, 0.4) is 0 Å². The van der Waals surface area contributed by atoms with Gasteiger partial charge in [-0.25, -0.2) is 4.79 Å². The lowest BCUT2D eigenvalue weighted by atomic mass is 10.1. The number of benzene rings is 1. The number of hydrogen-bond donors (Lipinski definition) is 2. The number of hydrogen-bond acceptors (Lipinski definition) is 4. The quantitative estimate of drug-likeness (QED) is 0.842. The van der Waals surface area contributed by atoms with Gasteiger partial charge in [-0.15, -0.1) is 0 Å². The molecule has 0 fully saturated rings. The summed E-state index contributed by atoms with van der Waals surface area (Å²) in [5.74, 6) is -1.51. The van der Waals surface area contributed by atoms with E-state index >= 15 is 0 Å². The average Bonchev–Trinajstić information content (AvgIpc) is 2.95. The third-order valence-electron chi connectivity index (χ3n) is 3.11. The molecular weight excluding hydrogens is 260 g/mol. The minimum atomic E-state index is -1.16. The van der Waals surface area contributed by atoms with Gasteiger partial charge in [0.15, 0.2) is 5.71 Å². The van der Waals surface area contributed by atoms with Gasteiger partial charge in [0, 0.05) is 13.0 Å². The van der Waals surface area contributed by atoms with Gasteiger partial charge in [0.05, 0.1) is 0 Å². The number of oxime groups is 1. The van der Waals surface area contributed by atoms with Crippen molar-refractivity contribution in [1.82, 2.24) is 5.32 Å². The van der Waals surface area contributed by atoms with Gasteiger partial charge in [-0.2, -0.15) is 0 Å². The molecule has 0 aromatic heterocycles. The summed E-state index contributed by atoms with van der Waals surface area (Å²) in [6, 6.07) is 7.93. The first kappa shape index (κ1) is 14.0. The summed E-state index contributed by atoms with van der Waals surface area (Å²) in [7, 11) is 0. The van der Waals surface area contributed by atoms with E-state index < -0.39 is 12.1 Å². The Kier molecular flexibility index (Phi) is 4.34. The molecule has 1 amide bonds. The molecule has 2 rings (SSSR count). The fourth-order valence-corrected chi connectivity index (χ4v) is 1.84. The molecule has 0 spiro atoms. The highest BCUT2D eigenvalue weighted by Crippen LogP contribution is 2.11. The first-order valence-corrected chi connectivity index (χ1v) is 6.41. The molecule has 6 nitrogen and oxygen atoms in total. The topological polar surface area (TPSA) is 88.0 Å². The van der Waals surface area contributed by atoms with Crippen molar-refractivity contribution in [3.8, 4) is 0 Å². The zero-order chi connectivity index (χ0) is 14.5. The maximum absolute atomic E-state index is 11.8. The number of aryl methyl sites for hydroxylation is 1. The molecule has 0 aliphatic carbocycles. The van der Waals surface area contributed by atoms with E-state index in [1.54, 1.807) is 0 Å². The van der Waals surface area contributed by atoms with E-state index in [0.29, 0.717) is 6.54 Å². The van der Waals surface area contributed by atoms with Crippen molar-refractivity contribution in [3.63, 3.8) is 0 Å². The number of aliphatic carboxylic acids is 1. The molecule has 1 aliphatic heterocycles. The monoisotopic (exact) mass is 276 g/mol. The lowest BCUT2D eigenvalue weighted by Gasteiger charge is -2.09. The number of rotatable bonds is 5. The van der Waals surface area contributed by atoms with Crippen molar-refractivity contribution in [2.75, 3.05) is 0 Å². The summed E-state index contributed by atoms with van der Waals surface area (Å²) in [6.07, 6.45) is 0.115. The summed E-state index contributed by atoms with van der Waals surface area (Å²) in [4.78, 5) is 27.3. The van der Waals surface area contributed by atoms with E-state index in [4.69, 9.17) is 9.94 Å². The van der Waals surface area contributed by atoms with Crippen LogP contribution in [-0.4, -0.2) is 28.8 Å². The fraction of sp³-hybridized carbons (Fsp3) is 0.357. The largest absolute Gasteiger partial charge is 0.477 e. The van der Waals surface area contributed by atoms with Gasteiger partial charge in [-0.1, -0.05) is 36.3 Å². The predicted molar refractivity (Wildman–Crippen MR) is 72.2 cm³/mol. The Balaban J connectivity index is 1.82. The van der Waals surface area contributed by atoms with Gasteiger partial charge in [0.25, 0.3) is 5.91 Å². The van der Waals surface area contributed by atoms with Crippen molar-refractivity contribution in [2.24, 2.45) is 5.16 Å². The molecule has 1 unspecified atom stereocenters. The van der Waals surface area contributed by atoms with Crippen LogP contribution >= 0.6 is 0 Å². The van der Waals surface area contributed by atoms with Crippen LogP contribution in [0.1, 0.15) is 24.5 Å². The second-order valence-electron chi connectivity index (χ2n) is 4.53. The van der Waals surface area contributed by atoms with E-state index in [0.717, 1.165) is 12.0 Å². The molecule has 1 atom stereocenters. The smallest absolute Gasteiger partial charge is 0.353 e. The van der Waals surface area contributed by atoms with Crippen LogP contribution in [0.15, 0.2) is 29.4 Å². The Bertz CT molecular complexity index is 537. The molecule has 106 valence electrons. The van der Waals surface area contributed by atoms with Gasteiger partial charge in [0.2, 0.25) is 6.10 Å². The van der Waals surface area contributed by atoms with E-state index in [1.807, 2.05) is 24.3 Å². The summed E-state index contributed by atoms with van der Waals surface area (Å²) in [5, 5.41) is 14.8. The van der Waals surface area contributed by atoms with E-state index in [1.165, 1.54) is 5.56 Å². The van der Waals surface area contributed by atoms with Crippen molar-refractivity contribution >= 4 is 17.6 Å². The van der Waals surface area contributed by atoms with Crippen LogP contribution in [0.5, 0.6) is 0 Å². The van der Waals surface area contributed by atoms with Gasteiger partial charge < -0.3 is 15.3 Å². The van der Waals surface area contributed by atoms with Crippen molar-refractivity contribution in [1.29, 1.82) is 0 Å². The van der Waals surface area contributed by atoms with Crippen LogP contribution in [0.4, 0.5) is 0 Å². The van der Waals surface area contributed by atoms with E-state index in [2.05, 4.69) is 17.4 Å². The highest BCUT2D eigenvalue weighted by molar-refractivity contribution is 6.36. The Hall–Kier alpha value is -2.37. The minimum absolute atomic E-state index is 0.00403. The molecule has 0 radical (unpaired) electrons. The Morgan fingerprint density at radius 3 is 2.55 bits per heavy atom. The van der Waals surface area contributed by atoms with Gasteiger partial charge in [-0.05, 0) is 17.5 Å². The Morgan fingerprint density at radius 1 is 1.35 bits per heavy atom. The second-order valence-corrected chi connectivity index (χ2v) is 4.53. The second kappa shape index (κ2) is 6.18. The maximum Gasteiger partial charge on any atom is 0.353 e. The summed E-state index contributed by atoms with van der Waals surface area (Å²) >= 11 is 0. The van der Waals surface area contributed by atoms with Crippen molar-refractivity contribution in [3.05, 3.63) is 35.4 Å². The lowest BCUT2D eigenvalue weighted by Crippen LogP contribution is -2.34. The number of amides is 1. The van der Waals surface area contributed by atoms with Crippen LogP contribution in [0, 0.1) is 0 Å². The molecule has 2 N–H and O–H groups in total. The fourth-order valence-electron chi connectivity index (χ4n) is 1.84. The van der Waals surface area contributed by atoms with Crippen molar-refractivity contribution in [2.45, 2.75) is 32.4 Å². The third-order valence-corrected chi connectivity index (χ3v) is 3.11. The zero-order valence-corrected chi connectivity index (χ0v) is 11.1. The number of nitrogens with one attached hydrogen (secondary N) is 1. The molecule has 0 saturated carbocycles. The lowest BCUT2D eigenvalue weighted by molar-refractivity contribution is -0.131. The Labute approximate surface area is 116 Å². The molecule has 20 heavy (non-hydrogen) atoms. The standard InChI is InChI=1S/C14H16N2O4/c1-2-9-3-5-10(6-4-9)8-15-13(17)12-7-11(14(18)19)16-20-12/h3-6,12H,2,7-8H2,1H3,(H,15,17)(H,18,19). The highest BCUT2D eigenvalue weighted by Gasteiger charge is 2.31. The van der Waals surface area contributed by atoms with Crippen LogP contribution in [0.25, 0.3) is 0 Å². The third kappa shape index (κ3) is 3.34. The van der Waals surface area contributed by atoms with Gasteiger partial charge in [-0.3, -0.25) is 4.79 Å². The maximum atomic E-state index is 11.8. The SMILES string of the molecule is CCc1ccc(CNC(=O)C2CC(C(=O)O)=NO2)cc1. The summed E-state index contributed by atoms with van der Waals surface area (Å²) in [6.45, 7) is 2.46. The molecule has 1 aromatic carbocycles. The number of carboxylic acid groups (broad SMARTS) is 1. The van der Waals surface area contributed by atoms with Crippen LogP contribution < -0.4 is 5.32 Å².